The molecule has 1 saturated carbocycles. The molecule has 1 aliphatic carbocycles. The van der Waals surface area contributed by atoms with Crippen molar-refractivity contribution >= 4 is 54.9 Å². The van der Waals surface area contributed by atoms with Crippen LogP contribution >= 0.6 is 22.7 Å². The van der Waals surface area contributed by atoms with Crippen LogP contribution in [0, 0.1) is 12.8 Å². The Morgan fingerprint density at radius 2 is 1.61 bits per heavy atom. The minimum absolute atomic E-state index is 0.134. The molecule has 1 fully saturated rings. The minimum atomic E-state index is -1.04. The highest BCUT2D eigenvalue weighted by Crippen LogP contribution is 2.38. The highest BCUT2D eigenvalue weighted by Gasteiger charge is 2.41. The van der Waals surface area contributed by atoms with Crippen molar-refractivity contribution in [3.63, 3.8) is 0 Å². The zero-order valence-corrected chi connectivity index (χ0v) is 22.5. The van der Waals surface area contributed by atoms with Gasteiger partial charge in [-0.2, -0.15) is 4.98 Å². The third-order valence-electron chi connectivity index (χ3n) is 6.98. The fourth-order valence-corrected chi connectivity index (χ4v) is 6.97. The molecule has 0 bridgehead atoms. The van der Waals surface area contributed by atoms with Crippen molar-refractivity contribution in [2.75, 3.05) is 17.2 Å². The lowest BCUT2D eigenvalue weighted by Crippen LogP contribution is -2.35. The number of hydrogen-bond donors (Lipinski definition) is 5. The second-order valence-corrected chi connectivity index (χ2v) is 11.7. The molecule has 0 saturated heterocycles. The van der Waals surface area contributed by atoms with Crippen molar-refractivity contribution in [1.82, 2.24) is 19.9 Å². The SMILES string of the molecule is Cc1nc(N[C@@H](C)c2nc3ccccc3s2)nc(N[C@@H]2C[C@H](CO)[C@@H](O)[C@H]2O)c1-c1nc2ccccc2s1. The Morgan fingerprint density at radius 3 is 2.26 bits per heavy atom. The number of aromatic nitrogens is 4. The molecule has 11 heteroatoms. The number of nitrogens with zero attached hydrogens (tertiary/aromatic N) is 4. The quantitative estimate of drug-likeness (QED) is 0.201. The summed E-state index contributed by atoms with van der Waals surface area (Å²) >= 11 is 3.18. The van der Waals surface area contributed by atoms with Gasteiger partial charge in [0.2, 0.25) is 5.95 Å². The molecule has 6 rings (SSSR count). The van der Waals surface area contributed by atoms with Gasteiger partial charge in [-0.25, -0.2) is 15.0 Å². The highest BCUT2D eigenvalue weighted by atomic mass is 32.1. The average molecular weight is 549 g/mol. The first-order valence-electron chi connectivity index (χ1n) is 12.5. The Kier molecular flexibility index (Phi) is 6.70. The molecule has 0 radical (unpaired) electrons. The first-order valence-corrected chi connectivity index (χ1v) is 14.1. The molecular formula is C27H28N6O3S2. The zero-order valence-electron chi connectivity index (χ0n) is 20.9. The van der Waals surface area contributed by atoms with Crippen LogP contribution in [-0.2, 0) is 0 Å². The molecular weight excluding hydrogens is 520 g/mol. The first-order chi connectivity index (χ1) is 18.4. The van der Waals surface area contributed by atoms with E-state index >= 15 is 0 Å². The molecule has 5 aromatic rings. The van der Waals surface area contributed by atoms with Crippen molar-refractivity contribution in [3.05, 3.63) is 59.2 Å². The molecule has 9 nitrogen and oxygen atoms in total. The third-order valence-corrected chi connectivity index (χ3v) is 9.26. The van der Waals surface area contributed by atoms with Gasteiger partial charge in [-0.3, -0.25) is 0 Å². The Hall–Kier alpha value is -3.22. The molecule has 2 aromatic carbocycles. The second-order valence-electron chi connectivity index (χ2n) is 9.64. The Labute approximate surface area is 227 Å². The number of thiazole rings is 2. The topological polar surface area (TPSA) is 136 Å². The van der Waals surface area contributed by atoms with E-state index in [1.54, 1.807) is 22.7 Å². The van der Waals surface area contributed by atoms with Crippen molar-refractivity contribution in [2.45, 2.75) is 44.6 Å². The maximum atomic E-state index is 10.7. The van der Waals surface area contributed by atoms with Crippen molar-refractivity contribution < 1.29 is 15.3 Å². The van der Waals surface area contributed by atoms with Crippen LogP contribution in [-0.4, -0.2) is 60.1 Å². The Morgan fingerprint density at radius 1 is 0.921 bits per heavy atom. The first kappa shape index (κ1) is 25.1. The molecule has 3 aromatic heterocycles. The van der Waals surface area contributed by atoms with Crippen LogP contribution < -0.4 is 10.6 Å². The van der Waals surface area contributed by atoms with Gasteiger partial charge >= 0.3 is 0 Å². The normalized spacial score (nSPS) is 22.2. The van der Waals surface area contributed by atoms with Gasteiger partial charge in [0.15, 0.2) is 0 Å². The van der Waals surface area contributed by atoms with Crippen molar-refractivity contribution in [3.8, 4) is 10.6 Å². The smallest absolute Gasteiger partial charge is 0.225 e. The Balaban J connectivity index is 1.37. The van der Waals surface area contributed by atoms with Gasteiger partial charge in [0.1, 0.15) is 21.9 Å². The van der Waals surface area contributed by atoms with Crippen LogP contribution in [0.4, 0.5) is 11.8 Å². The van der Waals surface area contributed by atoms with Crippen LogP contribution in [0.2, 0.25) is 0 Å². The summed E-state index contributed by atoms with van der Waals surface area (Å²) < 4.78 is 2.17. The lowest BCUT2D eigenvalue weighted by atomic mass is 10.1. The van der Waals surface area contributed by atoms with Crippen molar-refractivity contribution in [2.24, 2.45) is 5.92 Å². The van der Waals surface area contributed by atoms with E-state index in [4.69, 9.17) is 19.9 Å². The van der Waals surface area contributed by atoms with E-state index in [1.165, 1.54) is 0 Å². The van der Waals surface area contributed by atoms with E-state index in [1.807, 2.05) is 56.3 Å². The van der Waals surface area contributed by atoms with E-state index in [0.29, 0.717) is 18.2 Å². The number of hydrogen-bond acceptors (Lipinski definition) is 11. The molecule has 0 amide bonds. The lowest BCUT2D eigenvalue weighted by Gasteiger charge is -2.22. The van der Waals surface area contributed by atoms with Gasteiger partial charge in [-0.05, 0) is 44.5 Å². The monoisotopic (exact) mass is 548 g/mol. The largest absolute Gasteiger partial charge is 0.396 e. The molecule has 5 atom stereocenters. The van der Waals surface area contributed by atoms with Crippen molar-refractivity contribution in [1.29, 1.82) is 0 Å². The average Bonchev–Trinajstić information content (AvgIpc) is 3.60. The number of aliphatic hydroxyl groups excluding tert-OH is 3. The van der Waals surface area contributed by atoms with Gasteiger partial charge in [0.05, 0.1) is 49.9 Å². The summed E-state index contributed by atoms with van der Waals surface area (Å²) in [4.78, 5) is 19.2. The number of anilines is 2. The summed E-state index contributed by atoms with van der Waals surface area (Å²) in [6.07, 6.45) is -1.64. The molecule has 196 valence electrons. The predicted octanol–water partition coefficient (Wildman–Crippen LogP) is 4.36. The number of aryl methyl sites for hydroxylation is 1. The molecule has 1 aliphatic rings. The zero-order chi connectivity index (χ0) is 26.4. The molecule has 0 unspecified atom stereocenters. The van der Waals surface area contributed by atoms with Gasteiger partial charge in [-0.1, -0.05) is 24.3 Å². The fourth-order valence-electron chi connectivity index (χ4n) is 4.93. The van der Waals surface area contributed by atoms with E-state index < -0.39 is 24.2 Å². The second kappa shape index (κ2) is 10.2. The highest BCUT2D eigenvalue weighted by molar-refractivity contribution is 7.21. The summed E-state index contributed by atoms with van der Waals surface area (Å²) in [5, 5.41) is 39.2. The minimum Gasteiger partial charge on any atom is -0.396 e. The number of para-hydroxylation sites is 2. The summed E-state index contributed by atoms with van der Waals surface area (Å²) in [6.45, 7) is 3.74. The van der Waals surface area contributed by atoms with Crippen LogP contribution in [0.15, 0.2) is 48.5 Å². The van der Waals surface area contributed by atoms with Gasteiger partial charge in [-0.15, -0.1) is 22.7 Å². The van der Waals surface area contributed by atoms with Crippen LogP contribution in [0.3, 0.4) is 0 Å². The fraction of sp³-hybridized carbons (Fsp3) is 0.333. The van der Waals surface area contributed by atoms with Gasteiger partial charge < -0.3 is 26.0 Å². The maximum absolute atomic E-state index is 10.7. The molecule has 0 spiro atoms. The summed E-state index contributed by atoms with van der Waals surface area (Å²) in [5.74, 6) is 0.534. The maximum Gasteiger partial charge on any atom is 0.225 e. The van der Waals surface area contributed by atoms with Crippen LogP contribution in [0.1, 0.15) is 30.1 Å². The van der Waals surface area contributed by atoms with Gasteiger partial charge in [0.25, 0.3) is 0 Å². The number of benzene rings is 2. The molecule has 0 aliphatic heterocycles. The molecule has 3 heterocycles. The Bertz CT molecular complexity index is 1540. The third kappa shape index (κ3) is 4.61. The lowest BCUT2D eigenvalue weighted by molar-refractivity contribution is 0.00446. The number of fused-ring (bicyclic) bond motifs is 2. The van der Waals surface area contributed by atoms with E-state index in [0.717, 1.165) is 41.7 Å². The number of aliphatic hydroxyl groups is 3. The standard InChI is InChI=1S/C27H28N6O3S2/c1-13-21(26-32-17-8-4-6-10-20(17)38-26)24(30-18-11-15(12-34)22(35)23(18)36)33-27(28-13)29-14(2)25-31-16-7-3-5-9-19(16)37-25/h3-10,14-15,18,22-23,34-36H,11-12H2,1-2H3,(H2,28,29,30,33)/t14-,15+,18+,22+,23-/m0/s1. The summed E-state index contributed by atoms with van der Waals surface area (Å²) in [6, 6.07) is 15.3. The van der Waals surface area contributed by atoms with E-state index in [-0.39, 0.29) is 12.6 Å². The molecule has 38 heavy (non-hydrogen) atoms. The number of rotatable bonds is 7. The van der Waals surface area contributed by atoms with Crippen LogP contribution in [0.25, 0.3) is 31.0 Å². The van der Waals surface area contributed by atoms with E-state index in [2.05, 4.69) is 16.7 Å². The van der Waals surface area contributed by atoms with Crippen LogP contribution in [0.5, 0.6) is 0 Å². The summed E-state index contributed by atoms with van der Waals surface area (Å²) in [5.41, 5.74) is 3.33. The predicted molar refractivity (Wildman–Crippen MR) is 152 cm³/mol. The molecule has 5 N–H and O–H groups in total. The summed E-state index contributed by atoms with van der Waals surface area (Å²) in [7, 11) is 0. The van der Waals surface area contributed by atoms with Gasteiger partial charge in [0, 0.05) is 12.5 Å². The number of nitrogens with one attached hydrogen (secondary N) is 2. The van der Waals surface area contributed by atoms with E-state index in [9.17, 15) is 15.3 Å².